The van der Waals surface area contributed by atoms with E-state index in [1.807, 2.05) is 13.0 Å². The molecule has 1 saturated heterocycles. The van der Waals surface area contributed by atoms with E-state index in [1.54, 1.807) is 6.08 Å². The minimum atomic E-state index is -1.51. The average Bonchev–Trinajstić information content (AvgIpc) is 2.65. The first-order valence-electron chi connectivity index (χ1n) is 9.26. The Morgan fingerprint density at radius 3 is 2.62 bits per heavy atom. The Morgan fingerprint density at radius 1 is 1.27 bits per heavy atom. The molecule has 0 bridgehead atoms. The standard InChI is InChI=1S/C18H30O8/c1-2-3-8-12(10-6-4-5-7-11(10)17(23)24)25-18-16(22)15(21)14(20)13(9-19)26-18/h5,7,10-16,18-22H,2-4,6,8-9H2,1H3,(H,23,24)/t10-,11+,12-,13+,14+,15-,16+,18+/m0/s1. The fourth-order valence-electron chi connectivity index (χ4n) is 3.68. The highest BCUT2D eigenvalue weighted by Gasteiger charge is 2.46. The molecule has 8 nitrogen and oxygen atoms in total. The van der Waals surface area contributed by atoms with Crippen LogP contribution in [0.25, 0.3) is 0 Å². The number of carbonyl (C=O) groups is 1. The van der Waals surface area contributed by atoms with Crippen LogP contribution in [0, 0.1) is 11.8 Å². The van der Waals surface area contributed by atoms with Crippen LogP contribution in [0.2, 0.25) is 0 Å². The number of unbranched alkanes of at least 4 members (excludes halogenated alkanes) is 1. The van der Waals surface area contributed by atoms with Crippen molar-refractivity contribution in [3.05, 3.63) is 12.2 Å². The quantitative estimate of drug-likeness (QED) is 0.375. The number of aliphatic carboxylic acids is 1. The van der Waals surface area contributed by atoms with Crippen molar-refractivity contribution in [2.24, 2.45) is 11.8 Å². The van der Waals surface area contributed by atoms with Gasteiger partial charge >= 0.3 is 5.97 Å². The third-order valence-corrected chi connectivity index (χ3v) is 5.23. The lowest BCUT2D eigenvalue weighted by Crippen LogP contribution is -2.60. The van der Waals surface area contributed by atoms with Crippen LogP contribution >= 0.6 is 0 Å². The van der Waals surface area contributed by atoms with E-state index in [1.165, 1.54) is 0 Å². The summed E-state index contributed by atoms with van der Waals surface area (Å²) in [7, 11) is 0. The molecule has 0 unspecified atom stereocenters. The SMILES string of the molecule is CCCC[C@H](O[C@@H]1O[C@H](CO)[C@@H](O)[C@H](O)[C@H]1O)[C@H]1CCC=C[C@H]1C(=O)O. The van der Waals surface area contributed by atoms with Gasteiger partial charge in [0.2, 0.25) is 0 Å². The van der Waals surface area contributed by atoms with Crippen molar-refractivity contribution in [2.75, 3.05) is 6.61 Å². The number of allylic oxidation sites excluding steroid dienone is 1. The second kappa shape index (κ2) is 9.77. The molecule has 8 atom stereocenters. The van der Waals surface area contributed by atoms with Crippen molar-refractivity contribution in [3.8, 4) is 0 Å². The number of ether oxygens (including phenoxy) is 2. The van der Waals surface area contributed by atoms with Crippen LogP contribution < -0.4 is 0 Å². The van der Waals surface area contributed by atoms with E-state index >= 15 is 0 Å². The topological polar surface area (TPSA) is 137 Å². The van der Waals surface area contributed by atoms with Crippen LogP contribution in [-0.4, -0.2) is 74.9 Å². The molecule has 26 heavy (non-hydrogen) atoms. The summed E-state index contributed by atoms with van der Waals surface area (Å²) in [6.45, 7) is 1.48. The van der Waals surface area contributed by atoms with Crippen molar-refractivity contribution in [3.63, 3.8) is 0 Å². The van der Waals surface area contributed by atoms with Gasteiger partial charge < -0.3 is 35.0 Å². The maximum Gasteiger partial charge on any atom is 0.310 e. The second-order valence-electron chi connectivity index (χ2n) is 7.05. The highest BCUT2D eigenvalue weighted by atomic mass is 16.7. The Hall–Kier alpha value is -1.03. The zero-order chi connectivity index (χ0) is 19.3. The van der Waals surface area contributed by atoms with Crippen LogP contribution in [0.15, 0.2) is 12.2 Å². The van der Waals surface area contributed by atoms with E-state index in [9.17, 15) is 30.3 Å². The maximum absolute atomic E-state index is 11.6. The van der Waals surface area contributed by atoms with Gasteiger partial charge in [0.25, 0.3) is 0 Å². The Labute approximate surface area is 153 Å². The zero-order valence-electron chi connectivity index (χ0n) is 15.0. The summed E-state index contributed by atoms with van der Waals surface area (Å²) in [6.07, 6.45) is -0.0218. The Bertz CT molecular complexity index is 480. The molecule has 0 saturated carbocycles. The molecule has 1 fully saturated rings. The van der Waals surface area contributed by atoms with Crippen LogP contribution in [-0.2, 0) is 14.3 Å². The fraction of sp³-hybridized carbons (Fsp3) is 0.833. The molecule has 150 valence electrons. The van der Waals surface area contributed by atoms with Crippen molar-refractivity contribution in [1.29, 1.82) is 0 Å². The summed E-state index contributed by atoms with van der Waals surface area (Å²) in [5, 5.41) is 48.8. The Morgan fingerprint density at radius 2 is 2.00 bits per heavy atom. The van der Waals surface area contributed by atoms with E-state index in [-0.39, 0.29) is 5.92 Å². The lowest BCUT2D eigenvalue weighted by molar-refractivity contribution is -0.316. The lowest BCUT2D eigenvalue weighted by atomic mass is 9.78. The van der Waals surface area contributed by atoms with Crippen LogP contribution in [0.4, 0.5) is 0 Å². The summed E-state index contributed by atoms with van der Waals surface area (Å²) >= 11 is 0. The van der Waals surface area contributed by atoms with Crippen molar-refractivity contribution in [1.82, 2.24) is 0 Å². The number of rotatable bonds is 8. The summed E-state index contributed by atoms with van der Waals surface area (Å²) in [4.78, 5) is 11.6. The zero-order valence-corrected chi connectivity index (χ0v) is 15.0. The average molecular weight is 374 g/mol. The van der Waals surface area contributed by atoms with Gasteiger partial charge in [-0.25, -0.2) is 0 Å². The summed E-state index contributed by atoms with van der Waals surface area (Å²) in [5.74, 6) is -1.89. The lowest BCUT2D eigenvalue weighted by Gasteiger charge is -2.42. The van der Waals surface area contributed by atoms with Crippen molar-refractivity contribution in [2.45, 2.75) is 75.8 Å². The minimum absolute atomic E-state index is 0.281. The highest BCUT2D eigenvalue weighted by molar-refractivity contribution is 5.72. The summed E-state index contributed by atoms with van der Waals surface area (Å²) in [5.41, 5.74) is 0. The van der Waals surface area contributed by atoms with Gasteiger partial charge in [0.1, 0.15) is 24.4 Å². The molecule has 0 aromatic heterocycles. The van der Waals surface area contributed by atoms with Gasteiger partial charge in [-0.15, -0.1) is 0 Å². The molecule has 1 aliphatic heterocycles. The molecule has 0 amide bonds. The number of carboxylic acid groups (broad SMARTS) is 1. The van der Waals surface area contributed by atoms with Gasteiger partial charge in [-0.1, -0.05) is 31.9 Å². The van der Waals surface area contributed by atoms with Crippen LogP contribution in [0.3, 0.4) is 0 Å². The van der Waals surface area contributed by atoms with Gasteiger partial charge in [0.05, 0.1) is 18.6 Å². The molecule has 0 radical (unpaired) electrons. The highest BCUT2D eigenvalue weighted by Crippen LogP contribution is 2.34. The molecule has 0 spiro atoms. The van der Waals surface area contributed by atoms with Gasteiger partial charge in [0.15, 0.2) is 6.29 Å². The first-order valence-corrected chi connectivity index (χ1v) is 9.26. The predicted molar refractivity (Wildman–Crippen MR) is 91.2 cm³/mol. The summed E-state index contributed by atoms with van der Waals surface area (Å²) in [6, 6.07) is 0. The largest absolute Gasteiger partial charge is 0.481 e. The molecule has 2 aliphatic rings. The van der Waals surface area contributed by atoms with Crippen molar-refractivity contribution < 1.29 is 39.8 Å². The van der Waals surface area contributed by atoms with Crippen molar-refractivity contribution >= 4 is 5.97 Å². The number of aliphatic hydroxyl groups is 4. The Balaban J connectivity index is 2.16. The molecule has 0 aromatic rings. The van der Waals surface area contributed by atoms with E-state index in [0.717, 1.165) is 19.3 Å². The van der Waals surface area contributed by atoms with E-state index in [2.05, 4.69) is 0 Å². The number of carboxylic acids is 1. The molecule has 8 heteroatoms. The smallest absolute Gasteiger partial charge is 0.310 e. The van der Waals surface area contributed by atoms with Crippen LogP contribution in [0.5, 0.6) is 0 Å². The maximum atomic E-state index is 11.6. The second-order valence-corrected chi connectivity index (χ2v) is 7.05. The van der Waals surface area contributed by atoms with E-state index in [0.29, 0.717) is 12.8 Å². The predicted octanol–water partition coefficient (Wildman–Crippen LogP) is 0.0287. The molecule has 0 aromatic carbocycles. The third-order valence-electron chi connectivity index (χ3n) is 5.23. The number of hydrogen-bond acceptors (Lipinski definition) is 7. The first kappa shape index (κ1) is 21.3. The van der Waals surface area contributed by atoms with Crippen LogP contribution in [0.1, 0.15) is 39.0 Å². The number of hydrogen-bond donors (Lipinski definition) is 5. The monoisotopic (exact) mass is 374 g/mol. The first-order chi connectivity index (χ1) is 12.4. The van der Waals surface area contributed by atoms with Gasteiger partial charge in [-0.05, 0) is 19.3 Å². The Kier molecular flexibility index (Phi) is 8.00. The molecule has 1 aliphatic carbocycles. The van der Waals surface area contributed by atoms with E-state index < -0.39 is 55.3 Å². The molecule has 5 N–H and O–H groups in total. The van der Waals surface area contributed by atoms with Gasteiger partial charge in [-0.3, -0.25) is 4.79 Å². The molecular weight excluding hydrogens is 344 g/mol. The molecular formula is C18H30O8. The third kappa shape index (κ3) is 4.82. The molecule has 2 rings (SSSR count). The minimum Gasteiger partial charge on any atom is -0.481 e. The van der Waals surface area contributed by atoms with E-state index in [4.69, 9.17) is 9.47 Å². The van der Waals surface area contributed by atoms with Gasteiger partial charge in [-0.2, -0.15) is 0 Å². The fourth-order valence-corrected chi connectivity index (χ4v) is 3.68. The van der Waals surface area contributed by atoms with Gasteiger partial charge in [0, 0.05) is 5.92 Å². The molecule has 1 heterocycles. The number of aliphatic hydroxyl groups excluding tert-OH is 4. The summed E-state index contributed by atoms with van der Waals surface area (Å²) < 4.78 is 11.4. The normalized spacial score (nSPS) is 38.9.